The number of carbonyl (C=O) groups is 1. The third kappa shape index (κ3) is 1.86. The number of nitrogens with zero attached hydrogens (tertiary/aromatic N) is 1. The third-order valence-electron chi connectivity index (χ3n) is 5.80. The second kappa shape index (κ2) is 5.35. The molecule has 1 aliphatic carbocycles. The van der Waals surface area contributed by atoms with Crippen LogP contribution in [-0.2, 0) is 16.9 Å². The second-order valence-electron chi connectivity index (χ2n) is 6.87. The first-order valence-corrected chi connectivity index (χ1v) is 8.53. The number of rotatable bonds is 4. The lowest BCUT2D eigenvalue weighted by Crippen LogP contribution is -2.65. The highest BCUT2D eigenvalue weighted by molar-refractivity contribution is 5.85. The molecule has 24 heavy (non-hydrogen) atoms. The number of anilines is 1. The standard InChI is InChI=1S/C20H22N2O2/c21-18(23)19(12-6-13-19)20(24,16-8-2-1-3-9-16)22-14-11-15-7-4-5-10-17(15)22/h1-5,7-10,24H,6,11-14H2,(H2,21,23). The molecule has 1 saturated carbocycles. The zero-order valence-corrected chi connectivity index (χ0v) is 13.6. The van der Waals surface area contributed by atoms with Crippen molar-refractivity contribution in [1.82, 2.24) is 0 Å². The van der Waals surface area contributed by atoms with Gasteiger partial charge >= 0.3 is 0 Å². The van der Waals surface area contributed by atoms with Gasteiger partial charge in [-0.25, -0.2) is 0 Å². The van der Waals surface area contributed by atoms with Crippen molar-refractivity contribution in [2.45, 2.75) is 31.4 Å². The van der Waals surface area contributed by atoms with Gasteiger partial charge in [0.15, 0.2) is 5.72 Å². The van der Waals surface area contributed by atoms with Gasteiger partial charge in [0.1, 0.15) is 5.41 Å². The highest BCUT2D eigenvalue weighted by Crippen LogP contribution is 2.57. The van der Waals surface area contributed by atoms with Crippen molar-refractivity contribution in [2.75, 3.05) is 11.4 Å². The maximum Gasteiger partial charge on any atom is 0.228 e. The van der Waals surface area contributed by atoms with Crippen molar-refractivity contribution in [3.8, 4) is 0 Å². The summed E-state index contributed by atoms with van der Waals surface area (Å²) in [6.07, 6.45) is 3.01. The summed E-state index contributed by atoms with van der Waals surface area (Å²) < 4.78 is 0. The van der Waals surface area contributed by atoms with Crippen LogP contribution >= 0.6 is 0 Å². The molecule has 1 unspecified atom stereocenters. The Labute approximate surface area is 141 Å². The van der Waals surface area contributed by atoms with Gasteiger partial charge in [-0.05, 0) is 30.9 Å². The average molecular weight is 322 g/mol. The van der Waals surface area contributed by atoms with E-state index < -0.39 is 17.0 Å². The smallest absolute Gasteiger partial charge is 0.228 e. The first-order valence-electron chi connectivity index (χ1n) is 8.53. The van der Waals surface area contributed by atoms with Gasteiger partial charge in [-0.2, -0.15) is 0 Å². The minimum atomic E-state index is -1.41. The molecule has 0 radical (unpaired) electrons. The van der Waals surface area contributed by atoms with Gasteiger partial charge in [-0.1, -0.05) is 55.0 Å². The minimum absolute atomic E-state index is 0.413. The molecule has 0 aromatic heterocycles. The molecular weight excluding hydrogens is 300 g/mol. The van der Waals surface area contributed by atoms with Crippen molar-refractivity contribution in [3.05, 3.63) is 65.7 Å². The summed E-state index contributed by atoms with van der Waals surface area (Å²) in [5, 5.41) is 12.0. The second-order valence-corrected chi connectivity index (χ2v) is 6.87. The SMILES string of the molecule is NC(=O)C1(C(O)(c2ccccc2)N2CCc3ccccc32)CCC1. The molecule has 1 amide bonds. The van der Waals surface area contributed by atoms with E-state index >= 15 is 0 Å². The van der Waals surface area contributed by atoms with E-state index in [2.05, 4.69) is 6.07 Å². The molecule has 2 aliphatic rings. The third-order valence-corrected chi connectivity index (χ3v) is 5.80. The Morgan fingerprint density at radius 1 is 1.08 bits per heavy atom. The Morgan fingerprint density at radius 2 is 1.75 bits per heavy atom. The number of hydrogen-bond donors (Lipinski definition) is 2. The predicted molar refractivity (Wildman–Crippen MR) is 93.3 cm³/mol. The minimum Gasteiger partial charge on any atom is -0.369 e. The molecule has 4 heteroatoms. The summed E-state index contributed by atoms with van der Waals surface area (Å²) in [6, 6.07) is 17.6. The van der Waals surface area contributed by atoms with Crippen LogP contribution in [0.5, 0.6) is 0 Å². The molecule has 0 saturated heterocycles. The first kappa shape index (κ1) is 15.2. The Balaban J connectivity index is 1.91. The molecule has 1 aliphatic heterocycles. The lowest BCUT2D eigenvalue weighted by atomic mass is 9.59. The molecule has 4 nitrogen and oxygen atoms in total. The largest absolute Gasteiger partial charge is 0.369 e. The number of carbonyl (C=O) groups excluding carboxylic acids is 1. The van der Waals surface area contributed by atoms with E-state index in [1.807, 2.05) is 53.4 Å². The molecule has 2 aromatic rings. The Morgan fingerprint density at radius 3 is 2.38 bits per heavy atom. The number of aliphatic hydroxyl groups is 1. The van der Waals surface area contributed by atoms with Crippen molar-refractivity contribution in [1.29, 1.82) is 0 Å². The summed E-state index contributed by atoms with van der Waals surface area (Å²) in [7, 11) is 0. The van der Waals surface area contributed by atoms with Crippen LogP contribution in [0.2, 0.25) is 0 Å². The van der Waals surface area contributed by atoms with Crippen LogP contribution in [0.4, 0.5) is 5.69 Å². The van der Waals surface area contributed by atoms with Crippen molar-refractivity contribution >= 4 is 11.6 Å². The van der Waals surface area contributed by atoms with Crippen LogP contribution in [0, 0.1) is 5.41 Å². The normalized spacial score (nSPS) is 20.8. The Hall–Kier alpha value is -2.33. The Bertz CT molecular complexity index is 770. The van der Waals surface area contributed by atoms with Crippen molar-refractivity contribution < 1.29 is 9.90 Å². The van der Waals surface area contributed by atoms with Gasteiger partial charge in [0.25, 0.3) is 0 Å². The van der Waals surface area contributed by atoms with Crippen LogP contribution in [-0.4, -0.2) is 17.6 Å². The molecule has 0 spiro atoms. The zero-order valence-electron chi connectivity index (χ0n) is 13.6. The Kier molecular flexibility index (Phi) is 3.39. The van der Waals surface area contributed by atoms with E-state index in [0.717, 1.165) is 24.1 Å². The molecule has 124 valence electrons. The van der Waals surface area contributed by atoms with E-state index in [4.69, 9.17) is 5.73 Å². The van der Waals surface area contributed by atoms with E-state index in [0.29, 0.717) is 19.4 Å². The van der Waals surface area contributed by atoms with Gasteiger partial charge in [0.05, 0.1) is 0 Å². The van der Waals surface area contributed by atoms with E-state index in [1.54, 1.807) is 0 Å². The maximum absolute atomic E-state index is 12.4. The summed E-state index contributed by atoms with van der Waals surface area (Å²) >= 11 is 0. The summed E-state index contributed by atoms with van der Waals surface area (Å²) in [4.78, 5) is 14.4. The number of para-hydroxylation sites is 1. The van der Waals surface area contributed by atoms with Gasteiger partial charge in [0.2, 0.25) is 5.91 Å². The lowest BCUT2D eigenvalue weighted by molar-refractivity contribution is -0.166. The van der Waals surface area contributed by atoms with Crippen LogP contribution in [0.25, 0.3) is 0 Å². The summed E-state index contributed by atoms with van der Waals surface area (Å²) in [6.45, 7) is 0.680. The summed E-state index contributed by atoms with van der Waals surface area (Å²) in [5.74, 6) is -0.413. The molecule has 1 fully saturated rings. The molecular formula is C20H22N2O2. The number of hydrogen-bond acceptors (Lipinski definition) is 3. The van der Waals surface area contributed by atoms with E-state index in [1.165, 1.54) is 5.56 Å². The van der Waals surface area contributed by atoms with Crippen molar-refractivity contribution in [3.63, 3.8) is 0 Å². The van der Waals surface area contributed by atoms with Crippen LogP contribution in [0.15, 0.2) is 54.6 Å². The maximum atomic E-state index is 12.4. The molecule has 2 aromatic carbocycles. The zero-order chi connectivity index (χ0) is 16.8. The predicted octanol–water partition coefficient (Wildman–Crippen LogP) is 2.55. The number of nitrogens with two attached hydrogens (primary N) is 1. The van der Waals surface area contributed by atoms with Crippen LogP contribution in [0.3, 0.4) is 0 Å². The summed E-state index contributed by atoms with van der Waals surface area (Å²) in [5.41, 5.74) is 6.40. The molecule has 3 N–H and O–H groups in total. The fourth-order valence-electron chi connectivity index (χ4n) is 4.33. The highest BCUT2D eigenvalue weighted by Gasteiger charge is 2.62. The monoisotopic (exact) mass is 322 g/mol. The fraction of sp³-hybridized carbons (Fsp3) is 0.350. The van der Waals surface area contributed by atoms with E-state index in [-0.39, 0.29) is 0 Å². The molecule has 4 rings (SSSR count). The van der Waals surface area contributed by atoms with Gasteiger partial charge in [-0.15, -0.1) is 0 Å². The molecule has 1 heterocycles. The van der Waals surface area contributed by atoms with Gasteiger partial charge in [0, 0.05) is 17.8 Å². The van der Waals surface area contributed by atoms with E-state index in [9.17, 15) is 9.90 Å². The topological polar surface area (TPSA) is 66.6 Å². The van der Waals surface area contributed by atoms with Gasteiger partial charge < -0.3 is 15.7 Å². The number of primary amides is 1. The molecule has 0 bridgehead atoms. The first-order chi connectivity index (χ1) is 11.6. The number of fused-ring (bicyclic) bond motifs is 1. The number of amides is 1. The highest BCUT2D eigenvalue weighted by atomic mass is 16.3. The number of benzene rings is 2. The van der Waals surface area contributed by atoms with Gasteiger partial charge in [-0.3, -0.25) is 4.79 Å². The quantitative estimate of drug-likeness (QED) is 0.909. The molecule has 1 atom stereocenters. The average Bonchev–Trinajstić information content (AvgIpc) is 2.98. The van der Waals surface area contributed by atoms with Crippen molar-refractivity contribution in [2.24, 2.45) is 11.1 Å². The fourth-order valence-corrected chi connectivity index (χ4v) is 4.33. The van der Waals surface area contributed by atoms with Crippen LogP contribution < -0.4 is 10.6 Å². The van der Waals surface area contributed by atoms with Crippen LogP contribution in [0.1, 0.15) is 30.4 Å². The lowest BCUT2D eigenvalue weighted by Gasteiger charge is -2.55.